The molecule has 0 aliphatic carbocycles. The molecule has 0 aliphatic heterocycles. The Bertz CT molecular complexity index is 1000. The lowest BCUT2D eigenvalue weighted by molar-refractivity contribution is -0.112. The normalized spacial score (nSPS) is 10.6. The summed E-state index contributed by atoms with van der Waals surface area (Å²) >= 11 is 0. The third-order valence-electron chi connectivity index (χ3n) is 4.47. The van der Waals surface area contributed by atoms with Gasteiger partial charge in [-0.15, -0.1) is 0 Å². The molecule has 1 aromatic heterocycles. The van der Waals surface area contributed by atoms with E-state index in [-0.39, 0.29) is 0 Å². The molecule has 0 spiro atoms. The molecule has 3 rings (SSSR count). The van der Waals surface area contributed by atoms with Crippen LogP contribution in [0.1, 0.15) is 16.1 Å². The number of Topliss-reactive ketones (excluding diaryl/α,β-unsaturated/α-hetero) is 1. The summed E-state index contributed by atoms with van der Waals surface area (Å²) in [4.78, 5) is 25.3. The number of rotatable bonds is 5. The maximum absolute atomic E-state index is 12.8. The molecule has 0 aliphatic rings. The fraction of sp³-hybridized carbons (Fsp3) is 0.200. The van der Waals surface area contributed by atoms with Crippen LogP contribution in [0.15, 0.2) is 42.5 Å². The van der Waals surface area contributed by atoms with Crippen molar-refractivity contribution in [3.63, 3.8) is 0 Å². The number of anilines is 1. The maximum Gasteiger partial charge on any atom is 0.296 e. The van der Waals surface area contributed by atoms with Gasteiger partial charge in [0.05, 0.1) is 19.8 Å². The Balaban J connectivity index is 1.92. The molecule has 6 nitrogen and oxygen atoms in total. The third-order valence-corrected chi connectivity index (χ3v) is 4.47. The summed E-state index contributed by atoms with van der Waals surface area (Å²) in [6.07, 6.45) is 0. The second kappa shape index (κ2) is 6.92. The summed E-state index contributed by atoms with van der Waals surface area (Å²) in [5.74, 6) is -0.258. The van der Waals surface area contributed by atoms with Crippen LogP contribution in [0.5, 0.6) is 11.5 Å². The van der Waals surface area contributed by atoms with Crippen molar-refractivity contribution in [1.29, 1.82) is 0 Å². The first-order valence-corrected chi connectivity index (χ1v) is 8.09. The van der Waals surface area contributed by atoms with Gasteiger partial charge in [0, 0.05) is 35.4 Å². The van der Waals surface area contributed by atoms with Crippen molar-refractivity contribution >= 4 is 28.3 Å². The van der Waals surface area contributed by atoms with E-state index in [9.17, 15) is 9.59 Å². The molecular weight excluding hydrogens is 332 g/mol. The molecule has 0 fully saturated rings. The monoisotopic (exact) mass is 352 g/mol. The number of para-hydroxylation sites is 1. The van der Waals surface area contributed by atoms with Crippen molar-refractivity contribution in [2.45, 2.75) is 6.92 Å². The number of nitrogens with one attached hydrogen (secondary N) is 1. The van der Waals surface area contributed by atoms with Gasteiger partial charge >= 0.3 is 0 Å². The molecule has 6 heteroatoms. The van der Waals surface area contributed by atoms with Crippen molar-refractivity contribution < 1.29 is 19.1 Å². The summed E-state index contributed by atoms with van der Waals surface area (Å²) < 4.78 is 12.3. The van der Waals surface area contributed by atoms with Gasteiger partial charge in [-0.05, 0) is 25.1 Å². The number of hydrogen-bond donors (Lipinski definition) is 1. The average molecular weight is 352 g/mol. The smallest absolute Gasteiger partial charge is 0.296 e. The lowest BCUT2D eigenvalue weighted by Gasteiger charge is -2.10. The molecule has 0 saturated carbocycles. The Morgan fingerprint density at radius 2 is 1.69 bits per heavy atom. The molecule has 0 saturated heterocycles. The summed E-state index contributed by atoms with van der Waals surface area (Å²) in [6.45, 7) is 1.83. The van der Waals surface area contributed by atoms with E-state index in [4.69, 9.17) is 9.47 Å². The van der Waals surface area contributed by atoms with E-state index in [0.717, 1.165) is 16.6 Å². The molecule has 1 N–H and O–H groups in total. The van der Waals surface area contributed by atoms with Gasteiger partial charge in [-0.25, -0.2) is 0 Å². The Morgan fingerprint density at radius 3 is 2.38 bits per heavy atom. The number of methoxy groups -OCH3 is 2. The molecule has 2 aromatic carbocycles. The summed E-state index contributed by atoms with van der Waals surface area (Å²) in [5.41, 5.74) is 2.53. The molecule has 1 amide bonds. The van der Waals surface area contributed by atoms with Crippen molar-refractivity contribution in [2.24, 2.45) is 7.05 Å². The van der Waals surface area contributed by atoms with Gasteiger partial charge in [0.15, 0.2) is 11.5 Å². The number of aromatic nitrogens is 1. The molecule has 1 heterocycles. The van der Waals surface area contributed by atoms with Gasteiger partial charge in [-0.2, -0.15) is 0 Å². The highest BCUT2D eigenvalue weighted by Crippen LogP contribution is 2.30. The predicted octanol–water partition coefficient (Wildman–Crippen LogP) is 3.33. The van der Waals surface area contributed by atoms with Gasteiger partial charge in [0.2, 0.25) is 0 Å². The molecule has 0 unspecified atom stereocenters. The number of aryl methyl sites for hydroxylation is 1. The van der Waals surface area contributed by atoms with Crippen molar-refractivity contribution in [2.75, 3.05) is 19.5 Å². The fourth-order valence-electron chi connectivity index (χ4n) is 3.02. The molecule has 134 valence electrons. The first kappa shape index (κ1) is 17.5. The highest BCUT2D eigenvalue weighted by atomic mass is 16.5. The summed E-state index contributed by atoms with van der Waals surface area (Å²) in [5, 5.41) is 3.40. The number of carbonyl (C=O) groups excluding carboxylic acids is 2. The number of carbonyl (C=O) groups is 2. The Labute approximate surface area is 151 Å². The van der Waals surface area contributed by atoms with E-state index in [1.54, 1.807) is 18.2 Å². The number of fused-ring (bicyclic) bond motifs is 1. The highest BCUT2D eigenvalue weighted by Gasteiger charge is 2.24. The predicted molar refractivity (Wildman–Crippen MR) is 100 cm³/mol. The van der Waals surface area contributed by atoms with Gasteiger partial charge in [-0.1, -0.05) is 18.2 Å². The van der Waals surface area contributed by atoms with Crippen LogP contribution < -0.4 is 14.8 Å². The zero-order chi connectivity index (χ0) is 18.8. The van der Waals surface area contributed by atoms with Crippen molar-refractivity contribution in [1.82, 2.24) is 4.57 Å². The largest absolute Gasteiger partial charge is 0.493 e. The topological polar surface area (TPSA) is 69.6 Å². The van der Waals surface area contributed by atoms with E-state index >= 15 is 0 Å². The van der Waals surface area contributed by atoms with E-state index in [2.05, 4.69) is 5.32 Å². The Morgan fingerprint density at radius 1 is 1.00 bits per heavy atom. The molecule has 0 bridgehead atoms. The van der Waals surface area contributed by atoms with E-state index in [1.165, 1.54) is 14.2 Å². The number of hydrogen-bond acceptors (Lipinski definition) is 4. The summed E-state index contributed by atoms with van der Waals surface area (Å²) in [7, 11) is 4.91. The Hall–Kier alpha value is -3.28. The zero-order valence-corrected chi connectivity index (χ0v) is 15.1. The minimum atomic E-state index is -0.698. The number of ketones is 1. The number of amides is 1. The van der Waals surface area contributed by atoms with Gasteiger partial charge in [0.1, 0.15) is 0 Å². The van der Waals surface area contributed by atoms with Crippen molar-refractivity contribution in [3.05, 3.63) is 53.7 Å². The number of benzene rings is 2. The van der Waals surface area contributed by atoms with Gasteiger partial charge in [0.25, 0.3) is 11.7 Å². The summed E-state index contributed by atoms with van der Waals surface area (Å²) in [6, 6.07) is 12.5. The molecule has 26 heavy (non-hydrogen) atoms. The standard InChI is InChI=1S/C20H20N2O4/c1-12-18(14-7-5-6-8-15(14)22(12)2)19(23)20(24)21-13-9-10-16(25-3)17(11-13)26-4/h5-11H,1-4H3,(H,21,24). The minimum absolute atomic E-state index is 0.418. The second-order valence-corrected chi connectivity index (χ2v) is 5.89. The number of ether oxygens (including phenoxy) is 2. The SMILES string of the molecule is COc1ccc(NC(=O)C(=O)c2c(C)n(C)c3ccccc23)cc1OC. The van der Waals surface area contributed by atoms with E-state index in [0.29, 0.717) is 22.7 Å². The zero-order valence-electron chi connectivity index (χ0n) is 15.1. The number of nitrogens with zero attached hydrogens (tertiary/aromatic N) is 1. The lowest BCUT2D eigenvalue weighted by Crippen LogP contribution is -2.23. The first-order chi connectivity index (χ1) is 12.5. The van der Waals surface area contributed by atoms with Crippen LogP contribution in [-0.2, 0) is 11.8 Å². The molecule has 0 atom stereocenters. The molecule has 3 aromatic rings. The minimum Gasteiger partial charge on any atom is -0.493 e. The van der Waals surface area contributed by atoms with Crippen LogP contribution in [0.2, 0.25) is 0 Å². The average Bonchev–Trinajstić information content (AvgIpc) is 2.92. The van der Waals surface area contributed by atoms with E-state index in [1.807, 2.05) is 42.8 Å². The second-order valence-electron chi connectivity index (χ2n) is 5.89. The van der Waals surface area contributed by atoms with Gasteiger partial charge < -0.3 is 19.4 Å². The van der Waals surface area contributed by atoms with Crippen LogP contribution in [0.25, 0.3) is 10.9 Å². The van der Waals surface area contributed by atoms with E-state index < -0.39 is 11.7 Å². The molecular formula is C20H20N2O4. The van der Waals surface area contributed by atoms with Crippen LogP contribution in [-0.4, -0.2) is 30.5 Å². The first-order valence-electron chi connectivity index (χ1n) is 8.09. The lowest BCUT2D eigenvalue weighted by atomic mass is 10.1. The highest BCUT2D eigenvalue weighted by molar-refractivity contribution is 6.48. The Kier molecular flexibility index (Phi) is 4.67. The van der Waals surface area contributed by atoms with Crippen LogP contribution >= 0.6 is 0 Å². The van der Waals surface area contributed by atoms with Gasteiger partial charge in [-0.3, -0.25) is 9.59 Å². The van der Waals surface area contributed by atoms with Crippen LogP contribution in [0.3, 0.4) is 0 Å². The van der Waals surface area contributed by atoms with Crippen LogP contribution in [0.4, 0.5) is 5.69 Å². The third kappa shape index (κ3) is 2.90. The fourth-order valence-corrected chi connectivity index (χ4v) is 3.02. The molecule has 0 radical (unpaired) electrons. The van der Waals surface area contributed by atoms with Crippen LogP contribution in [0, 0.1) is 6.92 Å². The maximum atomic E-state index is 12.8. The quantitative estimate of drug-likeness (QED) is 0.565. The van der Waals surface area contributed by atoms with Crippen molar-refractivity contribution in [3.8, 4) is 11.5 Å².